The fourth-order valence-corrected chi connectivity index (χ4v) is 1.63. The molecule has 3 N–H and O–H groups in total. The predicted octanol–water partition coefficient (Wildman–Crippen LogP) is 2.43. The first-order valence-electron chi connectivity index (χ1n) is 5.49. The van der Waals surface area contributed by atoms with Crippen LogP contribution in [0.1, 0.15) is 10.4 Å². The molecule has 0 bridgehead atoms. The Morgan fingerprint density at radius 3 is 2.42 bits per heavy atom. The average Bonchev–Trinajstić information content (AvgIpc) is 2.39. The molecule has 1 amide bonds. The SMILES string of the molecule is Nc1c(C(=O)Nc2ccccc2)cccc1[N+](=O)[O-]. The monoisotopic (exact) mass is 257 g/mol. The third-order valence-electron chi connectivity index (χ3n) is 2.56. The fraction of sp³-hybridized carbons (Fsp3) is 0. The smallest absolute Gasteiger partial charge is 0.292 e. The van der Waals surface area contributed by atoms with Gasteiger partial charge in [-0.3, -0.25) is 14.9 Å². The van der Waals surface area contributed by atoms with E-state index in [0.717, 1.165) is 0 Å². The van der Waals surface area contributed by atoms with Crippen molar-refractivity contribution in [2.75, 3.05) is 11.1 Å². The summed E-state index contributed by atoms with van der Waals surface area (Å²) in [5.74, 6) is -0.479. The van der Waals surface area contributed by atoms with Gasteiger partial charge in [0.25, 0.3) is 11.6 Å². The number of nitrogen functional groups attached to an aromatic ring is 1. The van der Waals surface area contributed by atoms with E-state index in [9.17, 15) is 14.9 Å². The standard InChI is InChI=1S/C13H11N3O3/c14-12-10(7-4-8-11(12)16(18)19)13(17)15-9-5-2-1-3-6-9/h1-8H,14H2,(H,15,17). The first kappa shape index (κ1) is 12.6. The predicted molar refractivity (Wildman–Crippen MR) is 71.9 cm³/mol. The third-order valence-corrected chi connectivity index (χ3v) is 2.56. The fourth-order valence-electron chi connectivity index (χ4n) is 1.63. The van der Waals surface area contributed by atoms with Gasteiger partial charge in [-0.25, -0.2) is 0 Å². The number of nitrogens with one attached hydrogen (secondary N) is 1. The van der Waals surface area contributed by atoms with E-state index < -0.39 is 10.8 Å². The summed E-state index contributed by atoms with van der Waals surface area (Å²) in [5.41, 5.74) is 5.90. The maximum absolute atomic E-state index is 12.0. The average molecular weight is 257 g/mol. The molecule has 0 aliphatic rings. The number of amides is 1. The van der Waals surface area contributed by atoms with E-state index in [0.29, 0.717) is 5.69 Å². The van der Waals surface area contributed by atoms with E-state index in [1.807, 2.05) is 6.07 Å². The second-order valence-electron chi connectivity index (χ2n) is 3.82. The number of rotatable bonds is 3. The molecule has 0 saturated heterocycles. The largest absolute Gasteiger partial charge is 0.393 e. The Morgan fingerprint density at radius 1 is 1.11 bits per heavy atom. The number of anilines is 2. The highest BCUT2D eigenvalue weighted by molar-refractivity contribution is 6.08. The van der Waals surface area contributed by atoms with Crippen LogP contribution in [0.4, 0.5) is 17.1 Å². The maximum atomic E-state index is 12.0. The minimum absolute atomic E-state index is 0.0815. The Morgan fingerprint density at radius 2 is 1.79 bits per heavy atom. The van der Waals surface area contributed by atoms with Gasteiger partial charge in [0, 0.05) is 11.8 Å². The normalized spacial score (nSPS) is 9.89. The summed E-state index contributed by atoms with van der Waals surface area (Å²) in [6.45, 7) is 0. The van der Waals surface area contributed by atoms with E-state index in [4.69, 9.17) is 5.73 Å². The summed E-state index contributed by atoms with van der Waals surface area (Å²) in [6, 6.07) is 12.9. The Kier molecular flexibility index (Phi) is 3.42. The molecule has 0 radical (unpaired) electrons. The second-order valence-corrected chi connectivity index (χ2v) is 3.82. The van der Waals surface area contributed by atoms with Crippen molar-refractivity contribution in [3.8, 4) is 0 Å². The van der Waals surface area contributed by atoms with Crippen molar-refractivity contribution in [3.63, 3.8) is 0 Å². The van der Waals surface area contributed by atoms with Gasteiger partial charge in [0.15, 0.2) is 0 Å². The Balaban J connectivity index is 2.30. The van der Waals surface area contributed by atoms with E-state index in [2.05, 4.69) is 5.32 Å². The zero-order valence-corrected chi connectivity index (χ0v) is 9.87. The molecule has 0 heterocycles. The highest BCUT2D eigenvalue weighted by atomic mass is 16.6. The molecule has 19 heavy (non-hydrogen) atoms. The zero-order chi connectivity index (χ0) is 13.8. The number of hydrogen-bond donors (Lipinski definition) is 2. The van der Waals surface area contributed by atoms with E-state index >= 15 is 0 Å². The number of carbonyl (C=O) groups excluding carboxylic acids is 1. The molecule has 0 aliphatic heterocycles. The van der Waals surface area contributed by atoms with Crippen LogP contribution in [0.5, 0.6) is 0 Å². The highest BCUT2D eigenvalue weighted by Gasteiger charge is 2.18. The van der Waals surface area contributed by atoms with Gasteiger partial charge in [0.1, 0.15) is 5.69 Å². The number of nitrogens with zero attached hydrogens (tertiary/aromatic N) is 1. The third kappa shape index (κ3) is 2.68. The lowest BCUT2D eigenvalue weighted by atomic mass is 10.1. The van der Waals surface area contributed by atoms with Crippen LogP contribution in [-0.4, -0.2) is 10.8 Å². The van der Waals surface area contributed by atoms with E-state index in [1.165, 1.54) is 18.2 Å². The summed E-state index contributed by atoms with van der Waals surface area (Å²) in [6.07, 6.45) is 0. The number of para-hydroxylation sites is 2. The molecular weight excluding hydrogens is 246 g/mol. The molecule has 0 atom stereocenters. The Labute approximate surface area is 109 Å². The maximum Gasteiger partial charge on any atom is 0.292 e. The molecule has 0 unspecified atom stereocenters. The molecule has 0 spiro atoms. The summed E-state index contributed by atoms with van der Waals surface area (Å²) in [5, 5.41) is 13.4. The van der Waals surface area contributed by atoms with Gasteiger partial charge in [0.2, 0.25) is 0 Å². The molecule has 2 aromatic carbocycles. The first-order valence-corrected chi connectivity index (χ1v) is 5.49. The summed E-state index contributed by atoms with van der Waals surface area (Å²) < 4.78 is 0. The molecule has 96 valence electrons. The van der Waals surface area contributed by atoms with Crippen molar-refractivity contribution >= 4 is 23.0 Å². The lowest BCUT2D eigenvalue weighted by Gasteiger charge is -2.07. The van der Waals surface area contributed by atoms with Crippen molar-refractivity contribution in [1.82, 2.24) is 0 Å². The van der Waals surface area contributed by atoms with Crippen LogP contribution in [0.2, 0.25) is 0 Å². The van der Waals surface area contributed by atoms with Crippen LogP contribution in [0.3, 0.4) is 0 Å². The number of nitro benzene ring substituents is 1. The molecular formula is C13H11N3O3. The number of benzene rings is 2. The molecule has 0 aromatic heterocycles. The van der Waals surface area contributed by atoms with Crippen LogP contribution in [-0.2, 0) is 0 Å². The van der Waals surface area contributed by atoms with Gasteiger partial charge in [-0.15, -0.1) is 0 Å². The summed E-state index contributed by atoms with van der Waals surface area (Å²) in [7, 11) is 0. The van der Waals surface area contributed by atoms with Gasteiger partial charge in [0.05, 0.1) is 10.5 Å². The van der Waals surface area contributed by atoms with Crippen molar-refractivity contribution in [3.05, 3.63) is 64.2 Å². The molecule has 0 saturated carbocycles. The Hall–Kier alpha value is -2.89. The lowest BCUT2D eigenvalue weighted by Crippen LogP contribution is -2.14. The minimum Gasteiger partial charge on any atom is -0.393 e. The molecule has 0 aliphatic carbocycles. The topological polar surface area (TPSA) is 98.3 Å². The van der Waals surface area contributed by atoms with Gasteiger partial charge in [-0.2, -0.15) is 0 Å². The summed E-state index contributed by atoms with van der Waals surface area (Å²) in [4.78, 5) is 22.1. The van der Waals surface area contributed by atoms with Crippen molar-refractivity contribution in [2.45, 2.75) is 0 Å². The number of hydrogen-bond acceptors (Lipinski definition) is 4. The van der Waals surface area contributed by atoms with Gasteiger partial charge in [-0.1, -0.05) is 24.3 Å². The number of carbonyl (C=O) groups is 1. The van der Waals surface area contributed by atoms with E-state index in [-0.39, 0.29) is 16.9 Å². The summed E-state index contributed by atoms with van der Waals surface area (Å²) >= 11 is 0. The minimum atomic E-state index is -0.616. The molecule has 6 heteroatoms. The van der Waals surface area contributed by atoms with Crippen molar-refractivity contribution < 1.29 is 9.72 Å². The van der Waals surface area contributed by atoms with Crippen molar-refractivity contribution in [1.29, 1.82) is 0 Å². The van der Waals surface area contributed by atoms with Gasteiger partial charge < -0.3 is 11.1 Å². The van der Waals surface area contributed by atoms with Crippen LogP contribution < -0.4 is 11.1 Å². The zero-order valence-electron chi connectivity index (χ0n) is 9.87. The molecule has 6 nitrogen and oxygen atoms in total. The lowest BCUT2D eigenvalue weighted by molar-refractivity contribution is -0.383. The number of nitrogens with two attached hydrogens (primary N) is 1. The van der Waals surface area contributed by atoms with Crippen molar-refractivity contribution in [2.24, 2.45) is 0 Å². The van der Waals surface area contributed by atoms with Gasteiger partial charge >= 0.3 is 0 Å². The molecule has 2 aromatic rings. The first-order chi connectivity index (χ1) is 9.09. The van der Waals surface area contributed by atoms with Crippen LogP contribution in [0, 0.1) is 10.1 Å². The molecule has 0 fully saturated rings. The molecule has 2 rings (SSSR count). The van der Waals surface area contributed by atoms with Crippen LogP contribution >= 0.6 is 0 Å². The quantitative estimate of drug-likeness (QED) is 0.501. The second kappa shape index (κ2) is 5.18. The highest BCUT2D eigenvalue weighted by Crippen LogP contribution is 2.25. The van der Waals surface area contributed by atoms with Gasteiger partial charge in [-0.05, 0) is 18.2 Å². The Bertz CT molecular complexity index is 626. The van der Waals surface area contributed by atoms with E-state index in [1.54, 1.807) is 24.3 Å². The van der Waals surface area contributed by atoms with Crippen LogP contribution in [0.15, 0.2) is 48.5 Å². The van der Waals surface area contributed by atoms with Crippen LogP contribution in [0.25, 0.3) is 0 Å². The number of nitro groups is 1.